The number of halogens is 1. The van der Waals surface area contributed by atoms with E-state index in [1.807, 2.05) is 6.07 Å². The minimum atomic E-state index is 0.439. The Hall–Kier alpha value is -0.800. The standard InChI is InChI=1S/C14H24ClN3/c1-4-6-9-18(11(3)5-2)14-13(15)12(10-16)7-8-17-14/h7-8,11H,4-6,9-10,16H2,1-3H3. The molecule has 1 heterocycles. The van der Waals surface area contributed by atoms with Gasteiger partial charge in [-0.05, 0) is 31.4 Å². The minimum absolute atomic E-state index is 0.439. The average Bonchev–Trinajstić information content (AvgIpc) is 2.40. The van der Waals surface area contributed by atoms with Crippen LogP contribution in [0.15, 0.2) is 12.3 Å². The maximum absolute atomic E-state index is 6.40. The lowest BCUT2D eigenvalue weighted by Gasteiger charge is -2.30. The monoisotopic (exact) mass is 269 g/mol. The molecule has 0 aromatic carbocycles. The van der Waals surface area contributed by atoms with Crippen LogP contribution in [0.4, 0.5) is 5.82 Å². The highest BCUT2D eigenvalue weighted by Gasteiger charge is 2.18. The van der Waals surface area contributed by atoms with Crippen molar-refractivity contribution in [2.45, 2.75) is 52.6 Å². The first-order valence-electron chi connectivity index (χ1n) is 6.75. The summed E-state index contributed by atoms with van der Waals surface area (Å²) in [5, 5.41) is 0.705. The number of hydrogen-bond acceptors (Lipinski definition) is 3. The molecule has 0 spiro atoms. The molecular formula is C14H24ClN3. The number of nitrogens with two attached hydrogens (primary N) is 1. The highest BCUT2D eigenvalue weighted by Crippen LogP contribution is 2.28. The van der Waals surface area contributed by atoms with E-state index < -0.39 is 0 Å². The molecule has 0 aliphatic rings. The van der Waals surface area contributed by atoms with E-state index in [2.05, 4.69) is 30.7 Å². The third kappa shape index (κ3) is 3.59. The van der Waals surface area contributed by atoms with Gasteiger partial charge in [0.15, 0.2) is 0 Å². The molecule has 0 saturated heterocycles. The third-order valence-electron chi connectivity index (χ3n) is 3.32. The van der Waals surface area contributed by atoms with E-state index in [9.17, 15) is 0 Å². The van der Waals surface area contributed by atoms with Crippen LogP contribution in [0.5, 0.6) is 0 Å². The van der Waals surface area contributed by atoms with E-state index in [1.165, 1.54) is 6.42 Å². The first-order chi connectivity index (χ1) is 8.65. The predicted octanol–water partition coefficient (Wildman–Crippen LogP) is 3.60. The summed E-state index contributed by atoms with van der Waals surface area (Å²) >= 11 is 6.40. The van der Waals surface area contributed by atoms with E-state index in [1.54, 1.807) is 6.20 Å². The molecule has 102 valence electrons. The molecule has 1 aromatic heterocycles. The van der Waals surface area contributed by atoms with Gasteiger partial charge < -0.3 is 10.6 Å². The smallest absolute Gasteiger partial charge is 0.147 e. The van der Waals surface area contributed by atoms with Gasteiger partial charge in [-0.15, -0.1) is 0 Å². The molecule has 18 heavy (non-hydrogen) atoms. The average molecular weight is 270 g/mol. The lowest BCUT2D eigenvalue weighted by Crippen LogP contribution is -2.34. The summed E-state index contributed by atoms with van der Waals surface area (Å²) in [6.45, 7) is 8.04. The topological polar surface area (TPSA) is 42.2 Å². The van der Waals surface area contributed by atoms with Crippen LogP contribution in [0.25, 0.3) is 0 Å². The number of pyridine rings is 1. The Morgan fingerprint density at radius 2 is 2.17 bits per heavy atom. The maximum Gasteiger partial charge on any atom is 0.147 e. The fraction of sp³-hybridized carbons (Fsp3) is 0.643. The van der Waals surface area contributed by atoms with Gasteiger partial charge in [0.25, 0.3) is 0 Å². The summed E-state index contributed by atoms with van der Waals surface area (Å²) in [7, 11) is 0. The maximum atomic E-state index is 6.40. The zero-order valence-corrected chi connectivity index (χ0v) is 12.4. The summed E-state index contributed by atoms with van der Waals surface area (Å²) in [6.07, 6.45) is 5.19. The van der Waals surface area contributed by atoms with Crippen molar-refractivity contribution in [2.75, 3.05) is 11.4 Å². The number of rotatable bonds is 7. The molecule has 1 atom stereocenters. The Balaban J connectivity index is 3.04. The number of anilines is 1. The van der Waals surface area contributed by atoms with E-state index >= 15 is 0 Å². The van der Waals surface area contributed by atoms with Crippen LogP contribution in [0.2, 0.25) is 5.02 Å². The highest BCUT2D eigenvalue weighted by molar-refractivity contribution is 6.33. The van der Waals surface area contributed by atoms with Gasteiger partial charge in [-0.25, -0.2) is 4.98 Å². The molecule has 0 radical (unpaired) electrons. The normalized spacial score (nSPS) is 12.5. The fourth-order valence-corrected chi connectivity index (χ4v) is 2.21. The van der Waals surface area contributed by atoms with Crippen molar-refractivity contribution in [1.29, 1.82) is 0 Å². The molecular weight excluding hydrogens is 246 g/mol. The summed E-state index contributed by atoms with van der Waals surface area (Å²) in [4.78, 5) is 6.74. The minimum Gasteiger partial charge on any atom is -0.353 e. The van der Waals surface area contributed by atoms with E-state index in [0.29, 0.717) is 17.6 Å². The molecule has 0 aliphatic carbocycles. The second-order valence-corrected chi connectivity index (χ2v) is 4.99. The molecule has 4 heteroatoms. The van der Waals surface area contributed by atoms with E-state index in [0.717, 1.165) is 30.8 Å². The summed E-state index contributed by atoms with van der Waals surface area (Å²) < 4.78 is 0. The van der Waals surface area contributed by atoms with Gasteiger partial charge in [-0.3, -0.25) is 0 Å². The highest BCUT2D eigenvalue weighted by atomic mass is 35.5. The lowest BCUT2D eigenvalue weighted by molar-refractivity contribution is 0.589. The van der Waals surface area contributed by atoms with Crippen LogP contribution in [-0.2, 0) is 6.54 Å². The SMILES string of the molecule is CCCCN(c1nccc(CN)c1Cl)C(C)CC. The second-order valence-electron chi connectivity index (χ2n) is 4.62. The predicted molar refractivity (Wildman–Crippen MR) is 79.1 cm³/mol. The van der Waals surface area contributed by atoms with Crippen molar-refractivity contribution in [3.8, 4) is 0 Å². The van der Waals surface area contributed by atoms with Gasteiger partial charge in [-0.1, -0.05) is 31.9 Å². The third-order valence-corrected chi connectivity index (χ3v) is 3.73. The van der Waals surface area contributed by atoms with Gasteiger partial charge in [0.1, 0.15) is 5.82 Å². The zero-order valence-electron chi connectivity index (χ0n) is 11.6. The van der Waals surface area contributed by atoms with Gasteiger partial charge in [0.2, 0.25) is 0 Å². The molecule has 2 N–H and O–H groups in total. The lowest BCUT2D eigenvalue weighted by atomic mass is 10.1. The Morgan fingerprint density at radius 3 is 2.72 bits per heavy atom. The van der Waals surface area contributed by atoms with Crippen molar-refractivity contribution in [3.63, 3.8) is 0 Å². The molecule has 1 unspecified atom stereocenters. The molecule has 0 bridgehead atoms. The van der Waals surface area contributed by atoms with Gasteiger partial charge in [0, 0.05) is 25.3 Å². The quantitative estimate of drug-likeness (QED) is 0.822. The van der Waals surface area contributed by atoms with Crippen molar-refractivity contribution in [3.05, 3.63) is 22.8 Å². The zero-order chi connectivity index (χ0) is 13.5. The largest absolute Gasteiger partial charge is 0.353 e. The van der Waals surface area contributed by atoms with Crippen LogP contribution in [0.3, 0.4) is 0 Å². The first kappa shape index (κ1) is 15.3. The van der Waals surface area contributed by atoms with Gasteiger partial charge in [0.05, 0.1) is 5.02 Å². The van der Waals surface area contributed by atoms with Crippen LogP contribution in [0, 0.1) is 0 Å². The van der Waals surface area contributed by atoms with Crippen molar-refractivity contribution >= 4 is 17.4 Å². The van der Waals surface area contributed by atoms with Gasteiger partial charge in [-0.2, -0.15) is 0 Å². The van der Waals surface area contributed by atoms with Gasteiger partial charge >= 0.3 is 0 Å². The Morgan fingerprint density at radius 1 is 1.44 bits per heavy atom. The molecule has 0 aliphatic heterocycles. The Labute approximate surface area is 115 Å². The van der Waals surface area contributed by atoms with Crippen molar-refractivity contribution < 1.29 is 0 Å². The van der Waals surface area contributed by atoms with Crippen molar-refractivity contribution in [1.82, 2.24) is 4.98 Å². The number of nitrogens with zero attached hydrogens (tertiary/aromatic N) is 2. The van der Waals surface area contributed by atoms with Crippen LogP contribution >= 0.6 is 11.6 Å². The van der Waals surface area contributed by atoms with Crippen LogP contribution in [0.1, 0.15) is 45.6 Å². The Kier molecular flexibility index (Phi) is 6.44. The summed E-state index contributed by atoms with van der Waals surface area (Å²) in [6, 6.07) is 2.33. The van der Waals surface area contributed by atoms with Crippen LogP contribution < -0.4 is 10.6 Å². The molecule has 0 fully saturated rings. The summed E-state index contributed by atoms with van der Waals surface area (Å²) in [5.74, 6) is 0.877. The molecule has 3 nitrogen and oxygen atoms in total. The molecule has 1 aromatic rings. The second kappa shape index (κ2) is 7.59. The van der Waals surface area contributed by atoms with E-state index in [-0.39, 0.29) is 0 Å². The van der Waals surface area contributed by atoms with Crippen molar-refractivity contribution in [2.24, 2.45) is 5.73 Å². The number of hydrogen-bond donors (Lipinski definition) is 1. The molecule has 0 saturated carbocycles. The number of unbranched alkanes of at least 4 members (excludes halogenated alkanes) is 1. The number of aromatic nitrogens is 1. The summed E-state index contributed by atoms with van der Waals surface area (Å²) in [5.41, 5.74) is 6.66. The van der Waals surface area contributed by atoms with Crippen LogP contribution in [-0.4, -0.2) is 17.6 Å². The molecule has 0 amide bonds. The molecule has 1 rings (SSSR count). The first-order valence-corrected chi connectivity index (χ1v) is 7.13. The van der Waals surface area contributed by atoms with E-state index in [4.69, 9.17) is 17.3 Å². The Bertz CT molecular complexity index is 368. The fourth-order valence-electron chi connectivity index (χ4n) is 1.91.